The molecule has 0 aromatic heterocycles. The van der Waals surface area contributed by atoms with Gasteiger partial charge in [0.05, 0.1) is 0 Å². The van der Waals surface area contributed by atoms with Crippen LogP contribution in [0.4, 0.5) is 0 Å². The Hall–Kier alpha value is -0.300. The molecule has 16 heavy (non-hydrogen) atoms. The average molecular weight is 225 g/mol. The van der Waals surface area contributed by atoms with Crippen LogP contribution in [0.5, 0.6) is 0 Å². The van der Waals surface area contributed by atoms with Crippen molar-refractivity contribution >= 4 is 0 Å². The zero-order valence-electron chi connectivity index (χ0n) is 11.9. The minimum absolute atomic E-state index is 1.15. The average Bonchev–Trinajstić information content (AvgIpc) is 2.25. The van der Waals surface area contributed by atoms with Crippen LogP contribution < -0.4 is 0 Å². The van der Waals surface area contributed by atoms with Crippen molar-refractivity contribution in [3.63, 3.8) is 0 Å². The molecule has 0 aliphatic heterocycles. The fourth-order valence-corrected chi connectivity index (χ4v) is 1.78. The van der Waals surface area contributed by atoms with Crippen LogP contribution in [0.2, 0.25) is 0 Å². The molecule has 0 spiro atoms. The van der Waals surface area contributed by atoms with Gasteiger partial charge in [0.25, 0.3) is 0 Å². The van der Waals surface area contributed by atoms with Crippen LogP contribution >= 0.6 is 0 Å². The zero-order chi connectivity index (χ0) is 12.2. The van der Waals surface area contributed by atoms with E-state index in [0.29, 0.717) is 0 Å². The van der Waals surface area contributed by atoms with Crippen LogP contribution in [-0.4, -0.2) is 24.5 Å². The van der Waals surface area contributed by atoms with E-state index in [0.717, 1.165) is 6.54 Å². The fraction of sp³-hybridized carbons (Fsp3) is 0.867. The first-order valence-corrected chi connectivity index (χ1v) is 7.06. The molecule has 96 valence electrons. The van der Waals surface area contributed by atoms with Crippen LogP contribution in [0.25, 0.3) is 0 Å². The van der Waals surface area contributed by atoms with Crippen LogP contribution in [-0.2, 0) is 0 Å². The van der Waals surface area contributed by atoms with Gasteiger partial charge in [0, 0.05) is 6.54 Å². The SMILES string of the molecule is CCCCCN(CC=C(C)C)CCCCC. The van der Waals surface area contributed by atoms with Crippen molar-refractivity contribution in [3.8, 4) is 0 Å². The van der Waals surface area contributed by atoms with Gasteiger partial charge in [-0.05, 0) is 39.8 Å². The summed E-state index contributed by atoms with van der Waals surface area (Å²) in [5.74, 6) is 0. The second kappa shape index (κ2) is 11.2. The summed E-state index contributed by atoms with van der Waals surface area (Å²) < 4.78 is 0. The third-order valence-corrected chi connectivity index (χ3v) is 2.91. The van der Waals surface area contributed by atoms with Crippen molar-refractivity contribution in [2.75, 3.05) is 19.6 Å². The molecule has 0 atom stereocenters. The van der Waals surface area contributed by atoms with Crippen molar-refractivity contribution in [1.82, 2.24) is 4.90 Å². The Labute approximate surface area is 103 Å². The van der Waals surface area contributed by atoms with E-state index in [2.05, 4.69) is 38.7 Å². The minimum Gasteiger partial charge on any atom is -0.300 e. The zero-order valence-corrected chi connectivity index (χ0v) is 11.9. The fourth-order valence-electron chi connectivity index (χ4n) is 1.78. The standard InChI is InChI=1S/C15H31N/c1-5-7-9-12-16(13-10-8-6-2)14-11-15(3)4/h11H,5-10,12-14H2,1-4H3. The Bertz CT molecular complexity index is 158. The molecule has 0 aromatic carbocycles. The van der Waals surface area contributed by atoms with Crippen molar-refractivity contribution in [3.05, 3.63) is 11.6 Å². The van der Waals surface area contributed by atoms with Crippen LogP contribution in [0.15, 0.2) is 11.6 Å². The summed E-state index contributed by atoms with van der Waals surface area (Å²) in [6, 6.07) is 0. The Morgan fingerprint density at radius 3 is 1.75 bits per heavy atom. The summed E-state index contributed by atoms with van der Waals surface area (Å²) in [6.07, 6.45) is 10.5. The molecule has 0 aliphatic carbocycles. The predicted octanol–water partition coefficient (Wildman–Crippen LogP) is 4.64. The molecule has 1 nitrogen and oxygen atoms in total. The normalized spacial score (nSPS) is 10.8. The Morgan fingerprint density at radius 1 is 0.875 bits per heavy atom. The van der Waals surface area contributed by atoms with Crippen molar-refractivity contribution in [1.29, 1.82) is 0 Å². The van der Waals surface area contributed by atoms with Gasteiger partial charge < -0.3 is 0 Å². The highest BCUT2D eigenvalue weighted by molar-refractivity contribution is 4.94. The summed E-state index contributed by atoms with van der Waals surface area (Å²) in [5, 5.41) is 0. The number of unbranched alkanes of at least 4 members (excludes halogenated alkanes) is 4. The lowest BCUT2D eigenvalue weighted by molar-refractivity contribution is 0.288. The minimum atomic E-state index is 1.15. The third-order valence-electron chi connectivity index (χ3n) is 2.91. The highest BCUT2D eigenvalue weighted by Gasteiger charge is 2.02. The molecule has 0 aliphatic rings. The highest BCUT2D eigenvalue weighted by Crippen LogP contribution is 2.03. The molecule has 0 radical (unpaired) electrons. The largest absolute Gasteiger partial charge is 0.300 e. The summed E-state index contributed by atoms with van der Waals surface area (Å²) in [4.78, 5) is 2.61. The van der Waals surface area contributed by atoms with E-state index in [-0.39, 0.29) is 0 Å². The second-order valence-electron chi connectivity index (χ2n) is 5.00. The first kappa shape index (κ1) is 15.7. The van der Waals surface area contributed by atoms with Gasteiger partial charge >= 0.3 is 0 Å². The van der Waals surface area contributed by atoms with Gasteiger partial charge in [0.1, 0.15) is 0 Å². The van der Waals surface area contributed by atoms with E-state index in [1.807, 2.05) is 0 Å². The summed E-state index contributed by atoms with van der Waals surface area (Å²) in [7, 11) is 0. The quantitative estimate of drug-likeness (QED) is 0.387. The van der Waals surface area contributed by atoms with Gasteiger partial charge in [0.2, 0.25) is 0 Å². The van der Waals surface area contributed by atoms with E-state index < -0.39 is 0 Å². The lowest BCUT2D eigenvalue weighted by atomic mass is 10.2. The van der Waals surface area contributed by atoms with E-state index in [1.54, 1.807) is 0 Å². The smallest absolute Gasteiger partial charge is 0.0165 e. The second-order valence-corrected chi connectivity index (χ2v) is 5.00. The van der Waals surface area contributed by atoms with Gasteiger partial charge in [-0.15, -0.1) is 0 Å². The van der Waals surface area contributed by atoms with Crippen LogP contribution in [0, 0.1) is 0 Å². The number of hydrogen-bond donors (Lipinski definition) is 0. The molecule has 0 rings (SSSR count). The van der Waals surface area contributed by atoms with Crippen molar-refractivity contribution < 1.29 is 0 Å². The van der Waals surface area contributed by atoms with Gasteiger partial charge in [-0.3, -0.25) is 4.90 Å². The number of rotatable bonds is 10. The van der Waals surface area contributed by atoms with E-state index >= 15 is 0 Å². The molecular weight excluding hydrogens is 194 g/mol. The highest BCUT2D eigenvalue weighted by atomic mass is 15.1. The van der Waals surface area contributed by atoms with Gasteiger partial charge in [0.15, 0.2) is 0 Å². The van der Waals surface area contributed by atoms with E-state index in [1.165, 1.54) is 57.2 Å². The van der Waals surface area contributed by atoms with Crippen LogP contribution in [0.3, 0.4) is 0 Å². The molecule has 0 amide bonds. The predicted molar refractivity (Wildman–Crippen MR) is 74.9 cm³/mol. The summed E-state index contributed by atoms with van der Waals surface area (Å²) >= 11 is 0. The number of nitrogens with zero attached hydrogens (tertiary/aromatic N) is 1. The molecule has 0 heterocycles. The number of allylic oxidation sites excluding steroid dienone is 1. The van der Waals surface area contributed by atoms with E-state index in [4.69, 9.17) is 0 Å². The first-order chi connectivity index (χ1) is 7.70. The first-order valence-electron chi connectivity index (χ1n) is 7.06. The molecule has 0 N–H and O–H groups in total. The maximum Gasteiger partial charge on any atom is 0.0165 e. The maximum absolute atomic E-state index is 2.61. The van der Waals surface area contributed by atoms with Gasteiger partial charge in [-0.1, -0.05) is 51.2 Å². The Morgan fingerprint density at radius 2 is 1.38 bits per heavy atom. The van der Waals surface area contributed by atoms with Gasteiger partial charge in [-0.2, -0.15) is 0 Å². The topological polar surface area (TPSA) is 3.24 Å². The Kier molecular flexibility index (Phi) is 11.0. The van der Waals surface area contributed by atoms with E-state index in [9.17, 15) is 0 Å². The molecule has 0 bridgehead atoms. The molecule has 0 unspecified atom stereocenters. The van der Waals surface area contributed by atoms with Gasteiger partial charge in [-0.25, -0.2) is 0 Å². The lowest BCUT2D eigenvalue weighted by Gasteiger charge is -2.20. The third kappa shape index (κ3) is 10.2. The molecule has 0 fully saturated rings. The summed E-state index contributed by atoms with van der Waals surface area (Å²) in [5.41, 5.74) is 1.44. The monoisotopic (exact) mass is 225 g/mol. The Balaban J connectivity index is 3.80. The van der Waals surface area contributed by atoms with Crippen molar-refractivity contribution in [2.45, 2.75) is 66.2 Å². The lowest BCUT2D eigenvalue weighted by Crippen LogP contribution is -2.26. The molecule has 0 saturated heterocycles. The molecule has 0 saturated carbocycles. The summed E-state index contributed by atoms with van der Waals surface area (Å²) in [6.45, 7) is 12.6. The maximum atomic E-state index is 2.61. The van der Waals surface area contributed by atoms with Crippen LogP contribution in [0.1, 0.15) is 66.2 Å². The molecule has 1 heteroatoms. The van der Waals surface area contributed by atoms with Crippen molar-refractivity contribution in [2.24, 2.45) is 0 Å². The molecule has 0 aromatic rings. The number of hydrogen-bond acceptors (Lipinski definition) is 1. The molecular formula is C15H31N.